The lowest BCUT2D eigenvalue weighted by molar-refractivity contribution is 1.18. The van der Waals surface area contributed by atoms with Crippen LogP contribution in [0.4, 0.5) is 17.1 Å². The molecule has 1 aromatic heterocycles. The molecule has 0 amide bonds. The fourth-order valence-corrected chi connectivity index (χ4v) is 8.14. The van der Waals surface area contributed by atoms with Crippen LogP contribution in [0.5, 0.6) is 0 Å². The Kier molecular flexibility index (Phi) is 8.55. The van der Waals surface area contributed by atoms with Gasteiger partial charge in [-0.2, -0.15) is 0 Å². The van der Waals surface area contributed by atoms with E-state index in [4.69, 9.17) is 0 Å². The molecule has 2 nitrogen and oxygen atoms in total. The Labute approximate surface area is 327 Å². The van der Waals surface area contributed by atoms with Gasteiger partial charge in [-0.25, -0.2) is 0 Å². The summed E-state index contributed by atoms with van der Waals surface area (Å²) in [6, 6.07) is 83.3. The number of fused-ring (bicyclic) bond motifs is 3. The molecule has 9 aromatic carbocycles. The van der Waals surface area contributed by atoms with E-state index in [0.717, 1.165) is 56.1 Å². The van der Waals surface area contributed by atoms with Gasteiger partial charge >= 0.3 is 0 Å². The lowest BCUT2D eigenvalue weighted by Crippen LogP contribution is -2.13. The molecule has 0 unspecified atom stereocenters. The highest BCUT2D eigenvalue weighted by atomic mass is 15.1. The second-order valence-corrected chi connectivity index (χ2v) is 14.2. The van der Waals surface area contributed by atoms with Gasteiger partial charge in [0.15, 0.2) is 0 Å². The molecule has 0 aliphatic carbocycles. The maximum atomic E-state index is 2.48. The van der Waals surface area contributed by atoms with Crippen molar-refractivity contribution in [3.05, 3.63) is 231 Å². The minimum Gasteiger partial charge on any atom is -0.309 e. The second-order valence-electron chi connectivity index (χ2n) is 14.2. The molecule has 0 N–H and O–H groups in total. The van der Waals surface area contributed by atoms with Crippen LogP contribution in [-0.4, -0.2) is 4.57 Å². The highest BCUT2D eigenvalue weighted by Crippen LogP contribution is 2.48. The van der Waals surface area contributed by atoms with Crippen LogP contribution in [0.15, 0.2) is 231 Å². The number of rotatable bonds is 8. The van der Waals surface area contributed by atoms with Crippen molar-refractivity contribution in [2.75, 3.05) is 4.90 Å². The Balaban J connectivity index is 1.31. The Morgan fingerprint density at radius 3 is 1.43 bits per heavy atom. The zero-order chi connectivity index (χ0) is 37.3. The fraction of sp³-hybridized carbons (Fsp3) is 0. The Morgan fingerprint density at radius 1 is 0.286 bits per heavy atom. The van der Waals surface area contributed by atoms with E-state index < -0.39 is 0 Å². The lowest BCUT2D eigenvalue weighted by atomic mass is 9.94. The molecular weight excluding hydrogens is 677 g/mol. The molecule has 0 fully saturated rings. The molecule has 0 saturated heterocycles. The molecular formula is C54H38N2. The van der Waals surface area contributed by atoms with E-state index in [0.29, 0.717) is 0 Å². The van der Waals surface area contributed by atoms with Gasteiger partial charge in [0.2, 0.25) is 0 Å². The smallest absolute Gasteiger partial charge is 0.0561 e. The SMILES string of the molecule is c1ccc(-c2ccc(N(c3ccc4c5ccccc5n(-c5ccccc5)c4c3)c3cc(-c4ccccc4)ccc3-c3ccccc3)c(-c3ccccc3)c2)cc1. The second kappa shape index (κ2) is 14.4. The topological polar surface area (TPSA) is 8.17 Å². The summed E-state index contributed by atoms with van der Waals surface area (Å²) < 4.78 is 2.40. The normalized spacial score (nSPS) is 11.2. The van der Waals surface area contributed by atoms with Crippen molar-refractivity contribution >= 4 is 38.9 Å². The summed E-state index contributed by atoms with van der Waals surface area (Å²) in [5.41, 5.74) is 16.1. The van der Waals surface area contributed by atoms with Crippen LogP contribution in [-0.2, 0) is 0 Å². The van der Waals surface area contributed by atoms with Crippen molar-refractivity contribution in [3.63, 3.8) is 0 Å². The van der Waals surface area contributed by atoms with E-state index in [1.54, 1.807) is 0 Å². The summed E-state index contributed by atoms with van der Waals surface area (Å²) in [6.07, 6.45) is 0. The van der Waals surface area contributed by atoms with Crippen LogP contribution >= 0.6 is 0 Å². The zero-order valence-electron chi connectivity index (χ0n) is 30.8. The maximum Gasteiger partial charge on any atom is 0.0561 e. The first-order valence-electron chi connectivity index (χ1n) is 19.2. The number of benzene rings is 9. The minimum absolute atomic E-state index is 1.07. The number of anilines is 3. The first-order valence-corrected chi connectivity index (χ1v) is 19.2. The van der Waals surface area contributed by atoms with Crippen molar-refractivity contribution in [1.29, 1.82) is 0 Å². The third-order valence-electron chi connectivity index (χ3n) is 10.8. The van der Waals surface area contributed by atoms with E-state index in [1.807, 2.05) is 0 Å². The molecule has 0 aliphatic rings. The summed E-state index contributed by atoms with van der Waals surface area (Å²) in [5, 5.41) is 2.45. The van der Waals surface area contributed by atoms with Crippen molar-refractivity contribution in [2.45, 2.75) is 0 Å². The first-order chi connectivity index (χ1) is 27.8. The molecule has 2 heteroatoms. The van der Waals surface area contributed by atoms with E-state index >= 15 is 0 Å². The molecule has 1 heterocycles. The van der Waals surface area contributed by atoms with Crippen LogP contribution in [0, 0.1) is 0 Å². The van der Waals surface area contributed by atoms with E-state index in [2.05, 4.69) is 240 Å². The van der Waals surface area contributed by atoms with Gasteiger partial charge < -0.3 is 9.47 Å². The van der Waals surface area contributed by atoms with Crippen LogP contribution in [0.3, 0.4) is 0 Å². The number of aromatic nitrogens is 1. The Bertz CT molecular complexity index is 2930. The summed E-state index contributed by atoms with van der Waals surface area (Å²) in [5.74, 6) is 0. The minimum atomic E-state index is 1.07. The van der Waals surface area contributed by atoms with Crippen LogP contribution in [0.25, 0.3) is 72.0 Å². The first kappa shape index (κ1) is 33.2. The molecule has 56 heavy (non-hydrogen) atoms. The molecule has 0 saturated carbocycles. The van der Waals surface area contributed by atoms with E-state index in [9.17, 15) is 0 Å². The maximum absolute atomic E-state index is 2.48. The van der Waals surface area contributed by atoms with Gasteiger partial charge in [0.05, 0.1) is 22.4 Å². The van der Waals surface area contributed by atoms with Crippen molar-refractivity contribution in [1.82, 2.24) is 4.57 Å². The highest BCUT2D eigenvalue weighted by Gasteiger charge is 2.24. The summed E-state index contributed by atoms with van der Waals surface area (Å²) in [4.78, 5) is 2.48. The van der Waals surface area contributed by atoms with Gasteiger partial charge in [-0.15, -0.1) is 0 Å². The third-order valence-corrected chi connectivity index (χ3v) is 10.8. The predicted molar refractivity (Wildman–Crippen MR) is 237 cm³/mol. The van der Waals surface area contributed by atoms with Crippen LogP contribution in [0.1, 0.15) is 0 Å². The average molecular weight is 715 g/mol. The van der Waals surface area contributed by atoms with Gasteiger partial charge in [0, 0.05) is 33.3 Å². The quantitative estimate of drug-likeness (QED) is 0.152. The van der Waals surface area contributed by atoms with Gasteiger partial charge in [0.25, 0.3) is 0 Å². The molecule has 0 atom stereocenters. The fourth-order valence-electron chi connectivity index (χ4n) is 8.14. The molecule has 264 valence electrons. The average Bonchev–Trinajstić information content (AvgIpc) is 3.62. The molecule has 10 rings (SSSR count). The van der Waals surface area contributed by atoms with Gasteiger partial charge in [-0.3, -0.25) is 0 Å². The molecule has 0 bridgehead atoms. The summed E-state index contributed by atoms with van der Waals surface area (Å²) in [7, 11) is 0. The lowest BCUT2D eigenvalue weighted by Gasteiger charge is -2.31. The van der Waals surface area contributed by atoms with E-state index in [1.165, 1.54) is 33.0 Å². The third kappa shape index (κ3) is 6.04. The molecule has 0 spiro atoms. The highest BCUT2D eigenvalue weighted by molar-refractivity contribution is 6.11. The van der Waals surface area contributed by atoms with Gasteiger partial charge in [-0.05, 0) is 81.9 Å². The summed E-state index contributed by atoms with van der Waals surface area (Å²) in [6.45, 7) is 0. The monoisotopic (exact) mass is 714 g/mol. The van der Waals surface area contributed by atoms with Crippen molar-refractivity contribution < 1.29 is 0 Å². The number of nitrogens with zero attached hydrogens (tertiary/aromatic N) is 2. The predicted octanol–water partition coefficient (Wildman–Crippen LogP) is 14.9. The Hall–Kier alpha value is -7.42. The number of hydrogen-bond donors (Lipinski definition) is 0. The molecule has 0 radical (unpaired) electrons. The Morgan fingerprint density at radius 2 is 0.786 bits per heavy atom. The van der Waals surface area contributed by atoms with Crippen LogP contribution < -0.4 is 4.90 Å². The van der Waals surface area contributed by atoms with E-state index in [-0.39, 0.29) is 0 Å². The van der Waals surface area contributed by atoms with Crippen LogP contribution in [0.2, 0.25) is 0 Å². The van der Waals surface area contributed by atoms with Crippen molar-refractivity contribution in [3.8, 4) is 50.2 Å². The van der Waals surface area contributed by atoms with Gasteiger partial charge in [0.1, 0.15) is 0 Å². The summed E-state index contributed by atoms with van der Waals surface area (Å²) >= 11 is 0. The number of para-hydroxylation sites is 2. The standard InChI is InChI=1S/C54H38N2/c1-6-18-39(19-7-1)43-31-35-52(50(36-43)42-24-12-4-13-25-42)56(53-37-44(40-20-8-2-9-21-40)30-33-47(53)41-22-10-3-11-23-41)46-32-34-49-48-28-16-17-29-51(48)55(54(49)38-46)45-26-14-5-15-27-45/h1-38H. The van der Waals surface area contributed by atoms with Crippen molar-refractivity contribution in [2.24, 2.45) is 0 Å². The largest absolute Gasteiger partial charge is 0.309 e. The molecule has 10 aromatic rings. The molecule has 0 aliphatic heterocycles. The number of hydrogen-bond acceptors (Lipinski definition) is 1. The zero-order valence-corrected chi connectivity index (χ0v) is 30.8. The van der Waals surface area contributed by atoms with Gasteiger partial charge in [-0.1, -0.05) is 182 Å².